The molecule has 0 atom stereocenters. The Kier molecular flexibility index (Phi) is 7.07. The lowest BCUT2D eigenvalue weighted by Gasteiger charge is -2.29. The van der Waals surface area contributed by atoms with Crippen molar-refractivity contribution in [3.8, 4) is 0 Å². The number of nitrogens with zero attached hydrogens (tertiary/aromatic N) is 3. The Bertz CT molecular complexity index is 552. The second-order valence-electron chi connectivity index (χ2n) is 7.15. The van der Waals surface area contributed by atoms with Gasteiger partial charge in [-0.05, 0) is 31.5 Å². The van der Waals surface area contributed by atoms with Crippen LogP contribution in [0.15, 0.2) is 36.4 Å². The van der Waals surface area contributed by atoms with Gasteiger partial charge in [0.2, 0.25) is 5.91 Å². The zero-order valence-electron chi connectivity index (χ0n) is 15.3. The van der Waals surface area contributed by atoms with Crippen molar-refractivity contribution in [1.82, 2.24) is 14.7 Å². The van der Waals surface area contributed by atoms with E-state index in [2.05, 4.69) is 51.1 Å². The summed E-state index contributed by atoms with van der Waals surface area (Å²) in [5.41, 5.74) is 1.23. The molecule has 25 heavy (non-hydrogen) atoms. The first kappa shape index (κ1) is 18.2. The molecule has 136 valence electrons. The van der Waals surface area contributed by atoms with Gasteiger partial charge in [0, 0.05) is 45.7 Å². The Labute approximate surface area is 152 Å². The fourth-order valence-electron chi connectivity index (χ4n) is 3.68. The fourth-order valence-corrected chi connectivity index (χ4v) is 3.68. The average Bonchev–Trinajstić information content (AvgIpc) is 2.84. The first-order valence-corrected chi connectivity index (χ1v) is 9.75. The quantitative estimate of drug-likeness (QED) is 0.796. The molecule has 0 bridgehead atoms. The van der Waals surface area contributed by atoms with Crippen LogP contribution in [0.2, 0.25) is 0 Å². The van der Waals surface area contributed by atoms with Crippen LogP contribution in [0, 0.1) is 0 Å². The molecule has 2 aliphatic rings. The zero-order valence-corrected chi connectivity index (χ0v) is 15.3. The largest absolute Gasteiger partial charge is 0.340 e. The molecule has 0 aliphatic carbocycles. The minimum Gasteiger partial charge on any atom is -0.340 e. The van der Waals surface area contributed by atoms with E-state index in [1.54, 1.807) is 0 Å². The molecule has 1 amide bonds. The predicted octanol–water partition coefficient (Wildman–Crippen LogP) is 2.72. The predicted molar refractivity (Wildman–Crippen MR) is 103 cm³/mol. The van der Waals surface area contributed by atoms with Crippen molar-refractivity contribution in [3.05, 3.63) is 42.0 Å². The van der Waals surface area contributed by atoms with Crippen LogP contribution in [-0.2, 0) is 4.79 Å². The fraction of sp³-hybridized carbons (Fsp3) is 0.571. The van der Waals surface area contributed by atoms with Crippen LogP contribution in [0.1, 0.15) is 31.2 Å². The third-order valence-electron chi connectivity index (χ3n) is 5.29. The Morgan fingerprint density at radius 3 is 2.44 bits per heavy atom. The van der Waals surface area contributed by atoms with Crippen molar-refractivity contribution in [2.45, 2.75) is 25.7 Å². The molecule has 2 saturated heterocycles. The number of likely N-dealkylation sites (tertiary alicyclic amines) is 1. The molecule has 3 rings (SSSR count). The number of rotatable bonds is 6. The SMILES string of the molecule is O=C1CCN(CC=Cc2ccccc2)CCN1CCN1CCCCC1. The van der Waals surface area contributed by atoms with E-state index in [9.17, 15) is 4.79 Å². The van der Waals surface area contributed by atoms with Crippen LogP contribution >= 0.6 is 0 Å². The van der Waals surface area contributed by atoms with Gasteiger partial charge >= 0.3 is 0 Å². The number of benzene rings is 1. The lowest BCUT2D eigenvalue weighted by atomic mass is 10.1. The Balaban J connectivity index is 1.42. The van der Waals surface area contributed by atoms with Gasteiger partial charge < -0.3 is 9.80 Å². The third-order valence-corrected chi connectivity index (χ3v) is 5.29. The lowest BCUT2D eigenvalue weighted by Crippen LogP contribution is -2.41. The molecule has 4 nitrogen and oxygen atoms in total. The zero-order chi connectivity index (χ0) is 17.3. The van der Waals surface area contributed by atoms with Crippen LogP contribution in [0.5, 0.6) is 0 Å². The molecule has 2 aliphatic heterocycles. The Morgan fingerprint density at radius 2 is 1.64 bits per heavy atom. The van der Waals surface area contributed by atoms with Crippen LogP contribution in [0.4, 0.5) is 0 Å². The first-order chi connectivity index (χ1) is 12.3. The molecule has 0 aromatic heterocycles. The van der Waals surface area contributed by atoms with E-state index in [1.807, 2.05) is 6.07 Å². The highest BCUT2D eigenvalue weighted by Gasteiger charge is 2.21. The minimum atomic E-state index is 0.326. The Hall–Kier alpha value is -1.65. The normalized spacial score (nSPS) is 21.0. The highest BCUT2D eigenvalue weighted by atomic mass is 16.2. The summed E-state index contributed by atoms with van der Waals surface area (Å²) >= 11 is 0. The average molecular weight is 341 g/mol. The Morgan fingerprint density at radius 1 is 0.840 bits per heavy atom. The summed E-state index contributed by atoms with van der Waals surface area (Å²) in [6.45, 7) is 7.99. The van der Waals surface area contributed by atoms with Gasteiger partial charge in [0.15, 0.2) is 0 Å². The maximum atomic E-state index is 12.4. The topological polar surface area (TPSA) is 26.8 Å². The van der Waals surface area contributed by atoms with Gasteiger partial charge in [0.1, 0.15) is 0 Å². The standard InChI is InChI=1S/C21H31N3O/c25-21-11-15-23(14-7-10-20-8-3-1-4-9-20)17-19-24(21)18-16-22-12-5-2-6-13-22/h1,3-4,7-10H,2,5-6,11-19H2. The number of piperidine rings is 1. The van der Waals surface area contributed by atoms with E-state index in [-0.39, 0.29) is 0 Å². The molecule has 0 saturated carbocycles. The number of carbonyl (C=O) groups excluding carboxylic acids is 1. The molecule has 0 unspecified atom stereocenters. The van der Waals surface area contributed by atoms with Gasteiger partial charge in [0.25, 0.3) is 0 Å². The van der Waals surface area contributed by atoms with Crippen LogP contribution < -0.4 is 0 Å². The maximum Gasteiger partial charge on any atom is 0.223 e. The first-order valence-electron chi connectivity index (χ1n) is 9.75. The van der Waals surface area contributed by atoms with E-state index in [4.69, 9.17) is 0 Å². The van der Waals surface area contributed by atoms with Gasteiger partial charge in [-0.25, -0.2) is 0 Å². The molecule has 0 N–H and O–H groups in total. The van der Waals surface area contributed by atoms with Crippen molar-refractivity contribution >= 4 is 12.0 Å². The number of amides is 1. The van der Waals surface area contributed by atoms with E-state index in [0.717, 1.165) is 39.3 Å². The third kappa shape index (κ3) is 5.98. The molecular weight excluding hydrogens is 310 g/mol. The van der Waals surface area contributed by atoms with Crippen LogP contribution in [-0.4, -0.2) is 73.0 Å². The van der Waals surface area contributed by atoms with Crippen molar-refractivity contribution in [2.24, 2.45) is 0 Å². The monoisotopic (exact) mass is 341 g/mol. The van der Waals surface area contributed by atoms with Gasteiger partial charge in [0.05, 0.1) is 0 Å². The van der Waals surface area contributed by atoms with Crippen molar-refractivity contribution in [2.75, 3.05) is 52.4 Å². The number of hydrogen-bond donors (Lipinski definition) is 0. The van der Waals surface area contributed by atoms with Gasteiger partial charge in [-0.1, -0.05) is 48.9 Å². The van der Waals surface area contributed by atoms with E-state index >= 15 is 0 Å². The second kappa shape index (κ2) is 9.73. The summed E-state index contributed by atoms with van der Waals surface area (Å²) in [6.07, 6.45) is 9.03. The number of carbonyl (C=O) groups is 1. The van der Waals surface area contributed by atoms with Crippen molar-refractivity contribution < 1.29 is 4.79 Å². The molecule has 0 spiro atoms. The molecule has 2 heterocycles. The molecule has 2 fully saturated rings. The summed E-state index contributed by atoms with van der Waals surface area (Å²) in [5, 5.41) is 0. The van der Waals surface area contributed by atoms with Crippen molar-refractivity contribution in [1.29, 1.82) is 0 Å². The molecule has 1 aromatic rings. The second-order valence-corrected chi connectivity index (χ2v) is 7.15. The smallest absolute Gasteiger partial charge is 0.223 e. The molecule has 0 radical (unpaired) electrons. The highest BCUT2D eigenvalue weighted by Crippen LogP contribution is 2.10. The lowest BCUT2D eigenvalue weighted by molar-refractivity contribution is -0.130. The summed E-state index contributed by atoms with van der Waals surface area (Å²) in [6, 6.07) is 10.4. The van der Waals surface area contributed by atoms with Crippen LogP contribution in [0.25, 0.3) is 6.08 Å². The van der Waals surface area contributed by atoms with E-state index in [1.165, 1.54) is 37.9 Å². The van der Waals surface area contributed by atoms with E-state index < -0.39 is 0 Å². The van der Waals surface area contributed by atoms with E-state index in [0.29, 0.717) is 12.3 Å². The van der Waals surface area contributed by atoms with Gasteiger partial charge in [-0.15, -0.1) is 0 Å². The maximum absolute atomic E-state index is 12.4. The summed E-state index contributed by atoms with van der Waals surface area (Å²) in [5.74, 6) is 0.326. The number of hydrogen-bond acceptors (Lipinski definition) is 3. The molecular formula is C21H31N3O. The molecule has 1 aromatic carbocycles. The highest BCUT2D eigenvalue weighted by molar-refractivity contribution is 5.76. The summed E-state index contributed by atoms with van der Waals surface area (Å²) < 4.78 is 0. The summed E-state index contributed by atoms with van der Waals surface area (Å²) in [4.78, 5) is 19.4. The van der Waals surface area contributed by atoms with Crippen molar-refractivity contribution in [3.63, 3.8) is 0 Å². The van der Waals surface area contributed by atoms with Gasteiger partial charge in [-0.2, -0.15) is 0 Å². The van der Waals surface area contributed by atoms with Crippen LogP contribution in [0.3, 0.4) is 0 Å². The summed E-state index contributed by atoms with van der Waals surface area (Å²) in [7, 11) is 0. The van der Waals surface area contributed by atoms with Gasteiger partial charge in [-0.3, -0.25) is 9.69 Å². The minimum absolute atomic E-state index is 0.326. The molecule has 4 heteroatoms.